The van der Waals surface area contributed by atoms with Crippen molar-refractivity contribution in [1.29, 1.82) is 5.26 Å². The first-order chi connectivity index (χ1) is 29.7. The van der Waals surface area contributed by atoms with Crippen LogP contribution in [0.4, 0.5) is 0 Å². The summed E-state index contributed by atoms with van der Waals surface area (Å²) in [5, 5.41) is 17.1. The number of benzene rings is 6. The molecule has 0 unspecified atom stereocenters. The number of aryl methyl sites for hydroxylation is 1. The standard InChI is InChI=1S/C53H35N7O.Pt/c1-32-21-49-44(30-56-32)41-18-17-37(28-50(41)59(49)51-24-34(19-20-55-51)53(2,3)4)61-38-23-33(29-54)22-35(25-38)57-31-58(48-16-10-9-15-47(48)57)36-26-42-39-11-5-7-13-45(39)60-46-14-8-6-12-40(46)43(27-36)52(42)60;/h5-24,26-27,30H,1-4H3;/q-2;. The minimum absolute atomic E-state index is 0. The summed E-state index contributed by atoms with van der Waals surface area (Å²) >= 11 is 0. The molecule has 300 valence electrons. The predicted molar refractivity (Wildman–Crippen MR) is 241 cm³/mol. The minimum Gasteiger partial charge on any atom is -0.510 e. The molecule has 12 rings (SSSR count). The fraction of sp³-hybridized carbons (Fsp3) is 0.0943. The van der Waals surface area contributed by atoms with Crippen molar-refractivity contribution in [3.63, 3.8) is 0 Å². The van der Waals surface area contributed by atoms with Crippen LogP contribution in [0.15, 0.2) is 140 Å². The van der Waals surface area contributed by atoms with Crippen molar-refractivity contribution < 1.29 is 30.4 Å². The molecule has 9 heteroatoms. The Morgan fingerprint density at radius 2 is 1.39 bits per heavy atom. The Labute approximate surface area is 371 Å². The summed E-state index contributed by atoms with van der Waals surface area (Å²) in [5.41, 5.74) is 11.3. The van der Waals surface area contributed by atoms with Gasteiger partial charge in [-0.25, -0.2) is 4.98 Å². The van der Waals surface area contributed by atoms with E-state index >= 15 is 0 Å². The Hall–Kier alpha value is -7.33. The number of ether oxygens (including phenoxy) is 1. The number of aromatic nitrogens is 6. The zero-order valence-electron chi connectivity index (χ0n) is 34.1. The van der Waals surface area contributed by atoms with Crippen LogP contribution in [0.2, 0.25) is 0 Å². The fourth-order valence-electron chi connectivity index (χ4n) is 9.10. The van der Waals surface area contributed by atoms with Gasteiger partial charge >= 0.3 is 0 Å². The molecule has 0 spiro atoms. The fourth-order valence-corrected chi connectivity index (χ4v) is 9.10. The smallest absolute Gasteiger partial charge is 0.268 e. The van der Waals surface area contributed by atoms with E-state index in [-0.39, 0.29) is 26.5 Å². The number of hydrogen-bond donors (Lipinski definition) is 0. The number of pyridine rings is 2. The van der Waals surface area contributed by atoms with Crippen molar-refractivity contribution in [2.24, 2.45) is 0 Å². The van der Waals surface area contributed by atoms with Crippen molar-refractivity contribution in [3.05, 3.63) is 175 Å². The molecule has 0 radical (unpaired) electrons. The van der Waals surface area contributed by atoms with E-state index in [9.17, 15) is 5.26 Å². The summed E-state index contributed by atoms with van der Waals surface area (Å²) in [6.07, 6.45) is 7.43. The third kappa shape index (κ3) is 5.66. The Balaban J connectivity index is 0.00000432. The van der Waals surface area contributed by atoms with E-state index in [1.165, 1.54) is 43.7 Å². The van der Waals surface area contributed by atoms with Gasteiger partial charge in [0.15, 0.2) is 0 Å². The van der Waals surface area contributed by atoms with Gasteiger partial charge < -0.3 is 18.3 Å². The molecule has 0 atom stereocenters. The van der Waals surface area contributed by atoms with E-state index in [0.29, 0.717) is 22.7 Å². The van der Waals surface area contributed by atoms with Crippen molar-refractivity contribution in [2.75, 3.05) is 0 Å². The van der Waals surface area contributed by atoms with E-state index in [1.54, 1.807) is 6.07 Å². The van der Waals surface area contributed by atoms with Crippen LogP contribution in [0.5, 0.6) is 11.5 Å². The number of para-hydroxylation sites is 4. The van der Waals surface area contributed by atoms with Gasteiger partial charge in [-0.15, -0.1) is 35.7 Å². The number of imidazole rings is 1. The third-order valence-electron chi connectivity index (χ3n) is 11.9. The molecule has 62 heavy (non-hydrogen) atoms. The molecule has 6 aromatic heterocycles. The Kier molecular flexibility index (Phi) is 8.41. The van der Waals surface area contributed by atoms with Crippen LogP contribution in [0.25, 0.3) is 88.1 Å². The van der Waals surface area contributed by atoms with E-state index in [1.807, 2.05) is 54.2 Å². The van der Waals surface area contributed by atoms with Gasteiger partial charge in [0.05, 0.1) is 39.3 Å². The zero-order chi connectivity index (χ0) is 41.1. The second-order valence-electron chi connectivity index (χ2n) is 16.8. The molecule has 0 saturated carbocycles. The summed E-state index contributed by atoms with van der Waals surface area (Å²) in [7, 11) is 0. The van der Waals surface area contributed by atoms with E-state index in [0.717, 1.165) is 50.0 Å². The van der Waals surface area contributed by atoms with Crippen LogP contribution in [0.1, 0.15) is 37.6 Å². The Morgan fingerprint density at radius 3 is 2.11 bits per heavy atom. The van der Waals surface area contributed by atoms with Gasteiger partial charge in [0.25, 0.3) is 6.33 Å². The largest absolute Gasteiger partial charge is 0.510 e. The van der Waals surface area contributed by atoms with Crippen LogP contribution >= 0.6 is 0 Å². The SMILES string of the molecule is Cc1cc2c(cn1)c1ccc(Oc3[c-]c(-n4[c-][n+](-c5cc6c7ccccc7n7c8ccccc8c(c5)c67)c5ccccc54)cc(C#N)c3)[c-]c1n2-c1cc(C(C)(C)C)ccn1.[Pt]. The first kappa shape index (κ1) is 37.7. The zero-order valence-corrected chi connectivity index (χ0v) is 36.4. The van der Waals surface area contributed by atoms with Crippen LogP contribution in [-0.4, -0.2) is 23.5 Å². The van der Waals surface area contributed by atoms with Crippen LogP contribution in [0.3, 0.4) is 0 Å². The monoisotopic (exact) mass is 980 g/mol. The second kappa shape index (κ2) is 13.9. The Morgan fingerprint density at radius 1 is 0.677 bits per heavy atom. The molecule has 0 aliphatic heterocycles. The van der Waals surface area contributed by atoms with Gasteiger partial charge in [-0.05, 0) is 71.4 Å². The first-order valence-electron chi connectivity index (χ1n) is 20.3. The molecule has 12 aromatic rings. The summed E-state index contributed by atoms with van der Waals surface area (Å²) in [4.78, 5) is 9.47. The van der Waals surface area contributed by atoms with Gasteiger partial charge in [-0.1, -0.05) is 92.5 Å². The van der Waals surface area contributed by atoms with E-state index in [4.69, 9.17) is 9.72 Å². The number of rotatable bonds is 5. The maximum Gasteiger partial charge on any atom is 0.268 e. The van der Waals surface area contributed by atoms with Crippen molar-refractivity contribution in [1.82, 2.24) is 23.5 Å². The first-order valence-corrected chi connectivity index (χ1v) is 20.3. The molecule has 0 aliphatic rings. The molecule has 6 aromatic carbocycles. The maximum atomic E-state index is 10.3. The topological polar surface area (TPSA) is 77.0 Å². The van der Waals surface area contributed by atoms with Crippen LogP contribution in [-0.2, 0) is 26.5 Å². The minimum atomic E-state index is -0.0645. The van der Waals surface area contributed by atoms with Crippen molar-refractivity contribution in [2.45, 2.75) is 33.1 Å². The maximum absolute atomic E-state index is 10.3. The summed E-state index contributed by atoms with van der Waals surface area (Å²) in [6, 6.07) is 53.1. The molecule has 0 amide bonds. The van der Waals surface area contributed by atoms with Gasteiger partial charge in [0.2, 0.25) is 0 Å². The third-order valence-corrected chi connectivity index (χ3v) is 11.9. The van der Waals surface area contributed by atoms with Crippen LogP contribution in [0, 0.1) is 36.7 Å². The number of nitrogens with zero attached hydrogens (tertiary/aromatic N) is 7. The predicted octanol–water partition coefficient (Wildman–Crippen LogP) is 11.6. The molecule has 0 fully saturated rings. The van der Waals surface area contributed by atoms with Crippen LogP contribution < -0.4 is 9.30 Å². The van der Waals surface area contributed by atoms with Crippen molar-refractivity contribution in [3.8, 4) is 34.8 Å². The Bertz CT molecular complexity index is 3740. The molecule has 6 heterocycles. The molecule has 0 N–H and O–H groups in total. The summed E-state index contributed by atoms with van der Waals surface area (Å²) in [5.74, 6) is 1.65. The molecule has 8 nitrogen and oxygen atoms in total. The average molecular weight is 981 g/mol. The van der Waals surface area contributed by atoms with Crippen molar-refractivity contribution >= 4 is 70.9 Å². The number of hydrogen-bond acceptors (Lipinski definition) is 4. The molecule has 0 aliphatic carbocycles. The van der Waals surface area contributed by atoms with Gasteiger partial charge in [-0.2, -0.15) is 11.3 Å². The second-order valence-corrected chi connectivity index (χ2v) is 16.8. The van der Waals surface area contributed by atoms with Gasteiger partial charge in [-0.3, -0.25) is 9.55 Å². The average Bonchev–Trinajstić information content (AvgIpc) is 4.01. The molecule has 0 bridgehead atoms. The normalized spacial score (nSPS) is 12.0. The van der Waals surface area contributed by atoms with E-state index in [2.05, 4.69) is 155 Å². The summed E-state index contributed by atoms with van der Waals surface area (Å²) in [6.45, 7) is 8.59. The molecule has 0 saturated heterocycles. The summed E-state index contributed by atoms with van der Waals surface area (Å²) < 4.78 is 15.2. The quantitative estimate of drug-likeness (QED) is 0.127. The van der Waals surface area contributed by atoms with E-state index < -0.39 is 0 Å². The number of nitriles is 1. The number of fused-ring (bicyclic) bond motifs is 10. The van der Waals surface area contributed by atoms with Gasteiger partial charge in [0.1, 0.15) is 5.82 Å². The van der Waals surface area contributed by atoms with Gasteiger partial charge in [0, 0.05) is 77.7 Å². The molecular formula is C53H35N7OPt-2. The molecular weight excluding hydrogens is 946 g/mol.